The van der Waals surface area contributed by atoms with E-state index < -0.39 is 0 Å². The fourth-order valence-electron chi connectivity index (χ4n) is 1.74. The number of nitrogens with zero attached hydrogens (tertiary/aromatic N) is 3. The first-order valence-corrected chi connectivity index (χ1v) is 6.38. The molecule has 2 rings (SSSR count). The van der Waals surface area contributed by atoms with Crippen molar-refractivity contribution in [3.05, 3.63) is 48.3 Å². The predicted molar refractivity (Wildman–Crippen MR) is 76.5 cm³/mol. The number of likely N-dealkylation sites (N-methyl/N-ethyl adjacent to an activating group) is 1. The van der Waals surface area contributed by atoms with Gasteiger partial charge in [0.25, 0.3) is 0 Å². The largest absolute Gasteiger partial charge is 0.395 e. The van der Waals surface area contributed by atoms with E-state index >= 15 is 0 Å². The molecule has 0 unspecified atom stereocenters. The Hall–Kier alpha value is -2.34. The van der Waals surface area contributed by atoms with Gasteiger partial charge < -0.3 is 15.3 Å². The summed E-state index contributed by atoms with van der Waals surface area (Å²) in [6.07, 6.45) is 3.64. The standard InChI is InChI=1S/C14H18N4O2/c1-17(9-10-19)14(20)16-13-5-3-12(4-6-13)11-18-8-2-7-15-18/h2-8,19H,9-11H2,1H3,(H,16,20). The molecule has 0 aliphatic carbocycles. The summed E-state index contributed by atoms with van der Waals surface area (Å²) < 4.78 is 1.84. The number of nitrogens with one attached hydrogen (secondary N) is 1. The van der Waals surface area contributed by atoms with Crippen molar-refractivity contribution in [2.24, 2.45) is 0 Å². The minimum atomic E-state index is -0.237. The van der Waals surface area contributed by atoms with Gasteiger partial charge in [-0.25, -0.2) is 4.79 Å². The number of hydrogen-bond acceptors (Lipinski definition) is 3. The van der Waals surface area contributed by atoms with Gasteiger partial charge in [-0.1, -0.05) is 12.1 Å². The van der Waals surface area contributed by atoms with Crippen LogP contribution in [-0.2, 0) is 6.54 Å². The Morgan fingerprint density at radius 3 is 2.75 bits per heavy atom. The number of benzene rings is 1. The van der Waals surface area contributed by atoms with Crippen molar-refractivity contribution in [1.29, 1.82) is 0 Å². The number of aromatic nitrogens is 2. The van der Waals surface area contributed by atoms with E-state index in [9.17, 15) is 4.79 Å². The molecule has 0 atom stereocenters. The number of anilines is 1. The van der Waals surface area contributed by atoms with Gasteiger partial charge in [-0.2, -0.15) is 5.10 Å². The second-order valence-corrected chi connectivity index (χ2v) is 4.48. The van der Waals surface area contributed by atoms with E-state index in [1.807, 2.05) is 41.2 Å². The van der Waals surface area contributed by atoms with Crippen LogP contribution in [-0.4, -0.2) is 46.0 Å². The zero-order valence-electron chi connectivity index (χ0n) is 11.4. The molecule has 2 aromatic rings. The van der Waals surface area contributed by atoms with Gasteiger partial charge in [0.05, 0.1) is 13.2 Å². The molecule has 0 saturated heterocycles. The minimum absolute atomic E-state index is 0.0489. The molecule has 0 aliphatic rings. The number of carbonyl (C=O) groups is 1. The van der Waals surface area contributed by atoms with E-state index in [0.717, 1.165) is 11.3 Å². The summed E-state index contributed by atoms with van der Waals surface area (Å²) in [5.41, 5.74) is 1.83. The van der Waals surface area contributed by atoms with Crippen molar-refractivity contribution in [2.75, 3.05) is 25.5 Å². The molecule has 0 aliphatic heterocycles. The van der Waals surface area contributed by atoms with Crippen molar-refractivity contribution >= 4 is 11.7 Å². The molecule has 0 saturated carbocycles. The van der Waals surface area contributed by atoms with Crippen LogP contribution in [0.1, 0.15) is 5.56 Å². The zero-order valence-corrected chi connectivity index (χ0v) is 11.4. The van der Waals surface area contributed by atoms with Crippen LogP contribution in [0.5, 0.6) is 0 Å². The number of carbonyl (C=O) groups excluding carboxylic acids is 1. The van der Waals surface area contributed by atoms with Gasteiger partial charge in [-0.15, -0.1) is 0 Å². The van der Waals surface area contributed by atoms with Gasteiger partial charge in [0, 0.05) is 31.7 Å². The molecule has 1 aromatic carbocycles. The van der Waals surface area contributed by atoms with Crippen LogP contribution in [0.25, 0.3) is 0 Å². The maximum Gasteiger partial charge on any atom is 0.321 e. The van der Waals surface area contributed by atoms with Gasteiger partial charge in [0.1, 0.15) is 0 Å². The van der Waals surface area contributed by atoms with Crippen LogP contribution < -0.4 is 5.32 Å². The average molecular weight is 274 g/mol. The molecule has 20 heavy (non-hydrogen) atoms. The van der Waals surface area contributed by atoms with E-state index in [1.165, 1.54) is 4.90 Å². The van der Waals surface area contributed by atoms with Gasteiger partial charge in [-0.3, -0.25) is 4.68 Å². The number of rotatable bonds is 5. The molecule has 1 aromatic heterocycles. The topological polar surface area (TPSA) is 70.4 Å². The third kappa shape index (κ3) is 3.83. The molecule has 6 heteroatoms. The molecule has 2 amide bonds. The summed E-state index contributed by atoms with van der Waals surface area (Å²) in [4.78, 5) is 13.2. The lowest BCUT2D eigenvalue weighted by Gasteiger charge is -2.16. The van der Waals surface area contributed by atoms with E-state index in [-0.39, 0.29) is 12.6 Å². The van der Waals surface area contributed by atoms with Crippen molar-refractivity contribution in [1.82, 2.24) is 14.7 Å². The Kier molecular flexibility index (Phi) is 4.73. The second-order valence-electron chi connectivity index (χ2n) is 4.48. The van der Waals surface area contributed by atoms with Crippen LogP contribution in [0.15, 0.2) is 42.7 Å². The molecular weight excluding hydrogens is 256 g/mol. The highest BCUT2D eigenvalue weighted by Crippen LogP contribution is 2.11. The van der Waals surface area contributed by atoms with E-state index in [1.54, 1.807) is 13.2 Å². The Balaban J connectivity index is 1.93. The highest BCUT2D eigenvalue weighted by molar-refractivity contribution is 5.89. The van der Waals surface area contributed by atoms with Crippen LogP contribution >= 0.6 is 0 Å². The Morgan fingerprint density at radius 2 is 2.15 bits per heavy atom. The van der Waals surface area contributed by atoms with Crippen LogP contribution in [0.4, 0.5) is 10.5 Å². The average Bonchev–Trinajstić information content (AvgIpc) is 2.94. The SMILES string of the molecule is CN(CCO)C(=O)Nc1ccc(Cn2cccn2)cc1. The van der Waals surface area contributed by atoms with E-state index in [0.29, 0.717) is 13.1 Å². The van der Waals surface area contributed by atoms with Crippen LogP contribution in [0.3, 0.4) is 0 Å². The quantitative estimate of drug-likeness (QED) is 0.865. The summed E-state index contributed by atoms with van der Waals surface area (Å²) in [7, 11) is 1.64. The molecule has 1 heterocycles. The first-order chi connectivity index (χ1) is 9.69. The van der Waals surface area contributed by atoms with Crippen LogP contribution in [0, 0.1) is 0 Å². The number of hydrogen-bond donors (Lipinski definition) is 2. The summed E-state index contributed by atoms with van der Waals surface area (Å²) in [6, 6.07) is 9.24. The van der Waals surface area contributed by atoms with Crippen molar-refractivity contribution in [3.8, 4) is 0 Å². The summed E-state index contributed by atoms with van der Waals surface area (Å²) in [5.74, 6) is 0. The first kappa shape index (κ1) is 14.1. The van der Waals surface area contributed by atoms with Gasteiger partial charge in [-0.05, 0) is 23.8 Å². The van der Waals surface area contributed by atoms with Crippen molar-refractivity contribution < 1.29 is 9.90 Å². The smallest absolute Gasteiger partial charge is 0.321 e. The fourth-order valence-corrected chi connectivity index (χ4v) is 1.74. The Bertz CT molecular complexity index is 537. The molecule has 0 radical (unpaired) electrons. The molecule has 2 N–H and O–H groups in total. The number of amides is 2. The summed E-state index contributed by atoms with van der Waals surface area (Å²) >= 11 is 0. The van der Waals surface area contributed by atoms with Crippen molar-refractivity contribution in [2.45, 2.75) is 6.54 Å². The van der Waals surface area contributed by atoms with Gasteiger partial charge in [0.2, 0.25) is 0 Å². The predicted octanol–water partition coefficient (Wildman–Crippen LogP) is 1.39. The van der Waals surface area contributed by atoms with E-state index in [2.05, 4.69) is 10.4 Å². The number of urea groups is 1. The molecule has 0 bridgehead atoms. The monoisotopic (exact) mass is 274 g/mol. The lowest BCUT2D eigenvalue weighted by molar-refractivity contribution is 0.202. The van der Waals surface area contributed by atoms with Gasteiger partial charge >= 0.3 is 6.03 Å². The Morgan fingerprint density at radius 1 is 1.40 bits per heavy atom. The molecule has 6 nitrogen and oxygen atoms in total. The lowest BCUT2D eigenvalue weighted by atomic mass is 10.2. The van der Waals surface area contributed by atoms with Crippen LogP contribution in [0.2, 0.25) is 0 Å². The third-order valence-corrected chi connectivity index (χ3v) is 2.89. The third-order valence-electron chi connectivity index (χ3n) is 2.89. The van der Waals surface area contributed by atoms with Crippen molar-refractivity contribution in [3.63, 3.8) is 0 Å². The highest BCUT2D eigenvalue weighted by atomic mass is 16.3. The zero-order chi connectivity index (χ0) is 14.4. The lowest BCUT2D eigenvalue weighted by Crippen LogP contribution is -2.33. The first-order valence-electron chi connectivity index (χ1n) is 6.38. The molecule has 106 valence electrons. The Labute approximate surface area is 117 Å². The normalized spacial score (nSPS) is 10.3. The van der Waals surface area contributed by atoms with Gasteiger partial charge in [0.15, 0.2) is 0 Å². The maximum absolute atomic E-state index is 11.7. The minimum Gasteiger partial charge on any atom is -0.395 e. The second kappa shape index (κ2) is 6.72. The van der Waals surface area contributed by atoms with E-state index in [4.69, 9.17) is 5.11 Å². The summed E-state index contributed by atoms with van der Waals surface area (Å²) in [6.45, 7) is 0.960. The molecule has 0 spiro atoms. The summed E-state index contributed by atoms with van der Waals surface area (Å²) in [5, 5.41) is 15.7. The molecule has 0 fully saturated rings. The fraction of sp³-hybridized carbons (Fsp3) is 0.286. The maximum atomic E-state index is 11.7. The number of aliphatic hydroxyl groups excluding tert-OH is 1. The molecular formula is C14H18N4O2. The highest BCUT2D eigenvalue weighted by Gasteiger charge is 2.07. The number of aliphatic hydroxyl groups is 1.